The van der Waals surface area contributed by atoms with Gasteiger partial charge in [-0.25, -0.2) is 0 Å². The highest BCUT2D eigenvalue weighted by Crippen LogP contribution is 2.26. The zero-order valence-corrected chi connectivity index (χ0v) is 11.3. The van der Waals surface area contributed by atoms with Crippen LogP contribution in [0.5, 0.6) is 5.75 Å². The molecule has 0 bridgehead atoms. The van der Waals surface area contributed by atoms with Gasteiger partial charge in [0.25, 0.3) is 0 Å². The third-order valence-corrected chi connectivity index (χ3v) is 3.94. The molecule has 2 aliphatic heterocycles. The van der Waals surface area contributed by atoms with E-state index >= 15 is 0 Å². The molecule has 0 radical (unpaired) electrons. The molecule has 3 heteroatoms. The van der Waals surface area contributed by atoms with Gasteiger partial charge in [-0.15, -0.1) is 6.42 Å². The van der Waals surface area contributed by atoms with Crippen LogP contribution in [0.4, 0.5) is 0 Å². The molecule has 1 saturated heterocycles. The fraction of sp³-hybridized carbons (Fsp3) is 0.500. The average Bonchev–Trinajstić information content (AvgIpc) is 2.89. The van der Waals surface area contributed by atoms with Crippen molar-refractivity contribution in [1.29, 1.82) is 0 Å². The van der Waals surface area contributed by atoms with E-state index in [1.165, 1.54) is 11.1 Å². The molecule has 0 spiro atoms. The van der Waals surface area contributed by atoms with E-state index < -0.39 is 0 Å². The van der Waals surface area contributed by atoms with Gasteiger partial charge in [-0.1, -0.05) is 18.1 Å². The van der Waals surface area contributed by atoms with Crippen molar-refractivity contribution in [1.82, 2.24) is 9.80 Å². The van der Waals surface area contributed by atoms with Gasteiger partial charge in [0.15, 0.2) is 0 Å². The SMILES string of the molecule is C#CCN1CCN(Cc2ccc3c(c2)CCO3)CC1. The summed E-state index contributed by atoms with van der Waals surface area (Å²) in [7, 11) is 0. The summed E-state index contributed by atoms with van der Waals surface area (Å²) in [4.78, 5) is 4.84. The van der Waals surface area contributed by atoms with Crippen LogP contribution in [0.2, 0.25) is 0 Å². The van der Waals surface area contributed by atoms with Gasteiger partial charge in [-0.05, 0) is 17.2 Å². The summed E-state index contributed by atoms with van der Waals surface area (Å²) < 4.78 is 5.55. The minimum absolute atomic E-state index is 0.782. The van der Waals surface area contributed by atoms with Crippen LogP contribution in [0.3, 0.4) is 0 Å². The molecule has 1 aromatic rings. The lowest BCUT2D eigenvalue weighted by atomic mass is 10.1. The fourth-order valence-electron chi connectivity index (χ4n) is 2.83. The zero-order chi connectivity index (χ0) is 13.1. The van der Waals surface area contributed by atoms with E-state index in [4.69, 9.17) is 11.2 Å². The number of nitrogens with zero attached hydrogens (tertiary/aromatic N) is 2. The molecule has 0 unspecified atom stereocenters. The number of hydrogen-bond acceptors (Lipinski definition) is 3. The number of fused-ring (bicyclic) bond motifs is 1. The molecule has 0 N–H and O–H groups in total. The Morgan fingerprint density at radius 1 is 1.16 bits per heavy atom. The molecule has 0 atom stereocenters. The molecule has 2 aliphatic rings. The number of benzene rings is 1. The van der Waals surface area contributed by atoms with Gasteiger partial charge in [-0.2, -0.15) is 0 Å². The summed E-state index contributed by atoms with van der Waals surface area (Å²) in [5, 5.41) is 0. The smallest absolute Gasteiger partial charge is 0.122 e. The van der Waals surface area contributed by atoms with Crippen LogP contribution in [0.25, 0.3) is 0 Å². The Hall–Kier alpha value is -1.50. The number of rotatable bonds is 3. The zero-order valence-electron chi connectivity index (χ0n) is 11.3. The van der Waals surface area contributed by atoms with Crippen molar-refractivity contribution in [2.24, 2.45) is 0 Å². The lowest BCUT2D eigenvalue weighted by molar-refractivity contribution is 0.138. The molecule has 100 valence electrons. The van der Waals surface area contributed by atoms with E-state index in [9.17, 15) is 0 Å². The van der Waals surface area contributed by atoms with E-state index in [0.717, 1.165) is 58.0 Å². The summed E-state index contributed by atoms with van der Waals surface area (Å²) in [6.07, 6.45) is 6.41. The second-order valence-electron chi connectivity index (χ2n) is 5.30. The topological polar surface area (TPSA) is 15.7 Å². The number of piperazine rings is 1. The second kappa shape index (κ2) is 5.64. The first-order valence-electron chi connectivity index (χ1n) is 6.98. The Balaban J connectivity index is 1.56. The first-order valence-corrected chi connectivity index (χ1v) is 6.98. The number of terminal acetylenes is 1. The van der Waals surface area contributed by atoms with Crippen LogP contribution in [0.1, 0.15) is 11.1 Å². The summed E-state index contributed by atoms with van der Waals surface area (Å²) in [5.41, 5.74) is 2.76. The fourth-order valence-corrected chi connectivity index (χ4v) is 2.83. The van der Waals surface area contributed by atoms with Crippen molar-refractivity contribution in [3.8, 4) is 18.1 Å². The van der Waals surface area contributed by atoms with Gasteiger partial charge < -0.3 is 4.74 Å². The predicted octanol–water partition coefficient (Wildman–Crippen LogP) is 1.37. The van der Waals surface area contributed by atoms with Crippen molar-refractivity contribution in [2.75, 3.05) is 39.3 Å². The first-order chi connectivity index (χ1) is 9.35. The highest BCUT2D eigenvalue weighted by molar-refractivity contribution is 5.39. The summed E-state index contributed by atoms with van der Waals surface area (Å²) in [6.45, 7) is 7.03. The van der Waals surface area contributed by atoms with Crippen molar-refractivity contribution in [3.05, 3.63) is 29.3 Å². The molecule has 3 rings (SSSR count). The molecular weight excluding hydrogens is 236 g/mol. The molecule has 1 aromatic carbocycles. The monoisotopic (exact) mass is 256 g/mol. The Kier molecular flexibility index (Phi) is 3.72. The highest BCUT2D eigenvalue weighted by atomic mass is 16.5. The van der Waals surface area contributed by atoms with Crippen LogP contribution < -0.4 is 4.74 Å². The third-order valence-electron chi connectivity index (χ3n) is 3.94. The Bertz CT molecular complexity index is 484. The molecule has 2 heterocycles. The van der Waals surface area contributed by atoms with Crippen molar-refractivity contribution >= 4 is 0 Å². The maximum Gasteiger partial charge on any atom is 0.122 e. The number of ether oxygens (including phenoxy) is 1. The molecule has 0 saturated carbocycles. The van der Waals surface area contributed by atoms with Gasteiger partial charge in [0, 0.05) is 39.1 Å². The normalized spacial score (nSPS) is 19.7. The van der Waals surface area contributed by atoms with Gasteiger partial charge in [0.05, 0.1) is 13.2 Å². The first kappa shape index (κ1) is 12.5. The van der Waals surface area contributed by atoms with Crippen LogP contribution in [0, 0.1) is 12.3 Å². The van der Waals surface area contributed by atoms with Crippen LogP contribution in [-0.2, 0) is 13.0 Å². The molecule has 1 fully saturated rings. The lowest BCUT2D eigenvalue weighted by Gasteiger charge is -2.33. The van der Waals surface area contributed by atoms with Crippen LogP contribution in [0.15, 0.2) is 18.2 Å². The maximum atomic E-state index is 5.55. The lowest BCUT2D eigenvalue weighted by Crippen LogP contribution is -2.45. The van der Waals surface area contributed by atoms with Crippen molar-refractivity contribution in [2.45, 2.75) is 13.0 Å². The molecule has 3 nitrogen and oxygen atoms in total. The number of hydrogen-bond donors (Lipinski definition) is 0. The third kappa shape index (κ3) is 2.91. The van der Waals surface area contributed by atoms with Gasteiger partial charge in [0.2, 0.25) is 0 Å². The van der Waals surface area contributed by atoms with Crippen molar-refractivity contribution < 1.29 is 4.74 Å². The maximum absolute atomic E-state index is 5.55. The van der Waals surface area contributed by atoms with E-state index in [1.807, 2.05) is 0 Å². The van der Waals surface area contributed by atoms with Crippen LogP contribution >= 0.6 is 0 Å². The van der Waals surface area contributed by atoms with E-state index in [1.54, 1.807) is 0 Å². The quantitative estimate of drug-likeness (QED) is 0.760. The van der Waals surface area contributed by atoms with Crippen molar-refractivity contribution in [3.63, 3.8) is 0 Å². The van der Waals surface area contributed by atoms with Gasteiger partial charge in [0.1, 0.15) is 5.75 Å². The summed E-state index contributed by atoms with van der Waals surface area (Å²) >= 11 is 0. The summed E-state index contributed by atoms with van der Waals surface area (Å²) in [5.74, 6) is 3.80. The predicted molar refractivity (Wildman–Crippen MR) is 76.2 cm³/mol. The minimum atomic E-state index is 0.782. The molecule has 0 aromatic heterocycles. The highest BCUT2D eigenvalue weighted by Gasteiger charge is 2.17. The van der Waals surface area contributed by atoms with E-state index in [2.05, 4.69) is 33.9 Å². The second-order valence-corrected chi connectivity index (χ2v) is 5.30. The Morgan fingerprint density at radius 3 is 2.74 bits per heavy atom. The molecule has 0 aliphatic carbocycles. The largest absolute Gasteiger partial charge is 0.493 e. The Morgan fingerprint density at radius 2 is 1.95 bits per heavy atom. The van der Waals surface area contributed by atoms with E-state index in [-0.39, 0.29) is 0 Å². The van der Waals surface area contributed by atoms with E-state index in [0.29, 0.717) is 0 Å². The molecule has 19 heavy (non-hydrogen) atoms. The van der Waals surface area contributed by atoms with Gasteiger partial charge in [-0.3, -0.25) is 9.80 Å². The van der Waals surface area contributed by atoms with Gasteiger partial charge >= 0.3 is 0 Å². The minimum Gasteiger partial charge on any atom is -0.493 e. The average molecular weight is 256 g/mol. The molecule has 0 amide bonds. The Labute approximate surface area is 115 Å². The summed E-state index contributed by atoms with van der Waals surface area (Å²) in [6, 6.07) is 6.61. The van der Waals surface area contributed by atoms with Crippen LogP contribution in [-0.4, -0.2) is 49.1 Å². The molecular formula is C16H20N2O. The standard InChI is InChI=1S/C16H20N2O/c1-2-6-17-7-9-18(10-8-17)13-14-3-4-16-15(12-14)5-11-19-16/h1,3-4,12H,5-11,13H2.